The Balaban J connectivity index is 2.30. The zero-order chi connectivity index (χ0) is 19.5. The molecule has 0 bridgehead atoms. The van der Waals surface area contributed by atoms with Crippen LogP contribution in [-0.2, 0) is 20.9 Å². The van der Waals surface area contributed by atoms with Crippen LogP contribution in [0.4, 0.5) is 4.79 Å². The molecule has 2 atom stereocenters. The van der Waals surface area contributed by atoms with E-state index >= 15 is 0 Å². The number of hydrogen-bond acceptors (Lipinski definition) is 5. The molecule has 0 spiro atoms. The van der Waals surface area contributed by atoms with Crippen molar-refractivity contribution in [2.45, 2.75) is 38.5 Å². The molecule has 0 aliphatic carbocycles. The van der Waals surface area contributed by atoms with Gasteiger partial charge in [0.1, 0.15) is 12.6 Å². The molecule has 1 aromatic carbocycles. The summed E-state index contributed by atoms with van der Waals surface area (Å²) in [5.41, 5.74) is 1.43. The fraction of sp³-hybridized carbons (Fsp3) is 0.389. The molecular weight excluding hydrogens is 340 g/mol. The van der Waals surface area contributed by atoms with Crippen molar-refractivity contribution in [1.29, 1.82) is 0 Å². The fourth-order valence-electron chi connectivity index (χ4n) is 2.06. The Morgan fingerprint density at radius 3 is 2.42 bits per heavy atom. The number of hydrogen-bond donors (Lipinski definition) is 4. The molecule has 1 rings (SSSR count). The summed E-state index contributed by atoms with van der Waals surface area (Å²) in [6.45, 7) is 5.16. The number of amides is 2. The predicted molar refractivity (Wildman–Crippen MR) is 94.3 cm³/mol. The average molecular weight is 364 g/mol. The highest BCUT2D eigenvalue weighted by Gasteiger charge is 2.21. The molecule has 0 heterocycles. The van der Waals surface area contributed by atoms with Crippen molar-refractivity contribution >= 4 is 18.0 Å². The molecule has 0 aromatic heterocycles. The van der Waals surface area contributed by atoms with Gasteiger partial charge in [-0.25, -0.2) is 9.59 Å². The molecule has 8 heteroatoms. The molecule has 1 aromatic rings. The highest BCUT2D eigenvalue weighted by Crippen LogP contribution is 2.04. The van der Waals surface area contributed by atoms with E-state index < -0.39 is 30.1 Å². The summed E-state index contributed by atoms with van der Waals surface area (Å²) in [6.07, 6.45) is -2.14. The van der Waals surface area contributed by atoms with Crippen LogP contribution in [-0.4, -0.2) is 46.9 Å². The molecular formula is C18H24N2O6. The van der Waals surface area contributed by atoms with Crippen LogP contribution in [0.15, 0.2) is 42.5 Å². The first-order valence-corrected chi connectivity index (χ1v) is 8.07. The molecule has 0 unspecified atom stereocenters. The van der Waals surface area contributed by atoms with Gasteiger partial charge in [-0.3, -0.25) is 4.79 Å². The van der Waals surface area contributed by atoms with Gasteiger partial charge in [0, 0.05) is 6.54 Å². The van der Waals surface area contributed by atoms with Crippen molar-refractivity contribution in [1.82, 2.24) is 10.6 Å². The van der Waals surface area contributed by atoms with Gasteiger partial charge in [0.25, 0.3) is 0 Å². The molecule has 142 valence electrons. The predicted octanol–water partition coefficient (Wildman–Crippen LogP) is 1.20. The molecule has 0 aliphatic heterocycles. The lowest BCUT2D eigenvalue weighted by atomic mass is 10.1. The van der Waals surface area contributed by atoms with Gasteiger partial charge in [-0.15, -0.1) is 6.58 Å². The number of benzene rings is 1. The molecule has 4 N–H and O–H groups in total. The largest absolute Gasteiger partial charge is 0.480 e. The molecule has 0 aliphatic rings. The van der Waals surface area contributed by atoms with E-state index in [9.17, 15) is 19.5 Å². The van der Waals surface area contributed by atoms with Crippen molar-refractivity contribution < 1.29 is 29.3 Å². The molecule has 0 radical (unpaired) electrons. The number of carbonyl (C=O) groups is 3. The zero-order valence-corrected chi connectivity index (χ0v) is 14.6. The van der Waals surface area contributed by atoms with Gasteiger partial charge in [0.15, 0.2) is 0 Å². The van der Waals surface area contributed by atoms with E-state index in [1.807, 2.05) is 18.2 Å². The minimum absolute atomic E-state index is 0.0877. The van der Waals surface area contributed by atoms with E-state index in [0.29, 0.717) is 5.57 Å². The van der Waals surface area contributed by atoms with Gasteiger partial charge < -0.3 is 25.6 Å². The van der Waals surface area contributed by atoms with Crippen LogP contribution in [0.2, 0.25) is 0 Å². The van der Waals surface area contributed by atoms with Crippen molar-refractivity contribution in [2.75, 3.05) is 6.54 Å². The van der Waals surface area contributed by atoms with E-state index in [-0.39, 0.29) is 26.0 Å². The minimum Gasteiger partial charge on any atom is -0.480 e. The number of aliphatic hydroxyl groups excluding tert-OH is 1. The number of nitrogens with one attached hydrogen (secondary N) is 2. The van der Waals surface area contributed by atoms with Gasteiger partial charge >= 0.3 is 12.1 Å². The lowest BCUT2D eigenvalue weighted by molar-refractivity contribution is -0.142. The number of rotatable bonds is 10. The smallest absolute Gasteiger partial charge is 0.407 e. The second-order valence-corrected chi connectivity index (χ2v) is 5.92. The maximum atomic E-state index is 11.8. The van der Waals surface area contributed by atoms with Crippen LogP contribution in [0.5, 0.6) is 0 Å². The molecule has 2 amide bonds. The third-order valence-corrected chi connectivity index (χ3v) is 3.30. The Hall–Kier alpha value is -2.87. The number of carbonyl (C=O) groups excluding carboxylic acids is 2. The van der Waals surface area contributed by atoms with E-state index in [1.54, 1.807) is 19.1 Å². The Morgan fingerprint density at radius 1 is 1.19 bits per heavy atom. The van der Waals surface area contributed by atoms with E-state index in [2.05, 4.69) is 17.2 Å². The highest BCUT2D eigenvalue weighted by atomic mass is 16.5. The Labute approximate surface area is 151 Å². The minimum atomic E-state index is -1.18. The van der Waals surface area contributed by atoms with Gasteiger partial charge in [0.2, 0.25) is 5.91 Å². The van der Waals surface area contributed by atoms with Crippen LogP contribution in [0.1, 0.15) is 25.3 Å². The third kappa shape index (κ3) is 8.84. The summed E-state index contributed by atoms with van der Waals surface area (Å²) in [5.74, 6) is -1.82. The molecule has 26 heavy (non-hydrogen) atoms. The number of alkyl carbamates (subject to hydrolysis) is 1. The van der Waals surface area contributed by atoms with Crippen LogP contribution >= 0.6 is 0 Å². The maximum absolute atomic E-state index is 11.8. The lowest BCUT2D eigenvalue weighted by Gasteiger charge is -2.16. The third-order valence-electron chi connectivity index (χ3n) is 3.30. The monoisotopic (exact) mass is 364 g/mol. The number of carboxylic acid groups (broad SMARTS) is 1. The number of ether oxygens (including phenoxy) is 1. The standard InChI is InChI=1S/C18H24N2O6/c1-12(2)8-15(17(23)24)20-16(22)9-14(21)10-19-18(25)26-11-13-6-4-3-5-7-13/h3-7,14-15,21H,1,8-11H2,2H3,(H,19,25)(H,20,22)(H,23,24)/t14-,15+/m1/s1. The summed E-state index contributed by atoms with van der Waals surface area (Å²) < 4.78 is 4.97. The number of carboxylic acids is 1. The first-order valence-electron chi connectivity index (χ1n) is 8.07. The quantitative estimate of drug-likeness (QED) is 0.462. The van der Waals surface area contributed by atoms with E-state index in [0.717, 1.165) is 5.56 Å². The summed E-state index contributed by atoms with van der Waals surface area (Å²) in [4.78, 5) is 34.4. The SMILES string of the molecule is C=C(C)C[C@H](NC(=O)C[C@@H](O)CNC(=O)OCc1ccccc1)C(=O)O. The Morgan fingerprint density at radius 2 is 1.85 bits per heavy atom. The first kappa shape index (κ1) is 21.2. The second kappa shape index (κ2) is 10.9. The van der Waals surface area contributed by atoms with Crippen LogP contribution in [0.25, 0.3) is 0 Å². The first-order chi connectivity index (χ1) is 12.3. The number of aliphatic hydroxyl groups is 1. The topological polar surface area (TPSA) is 125 Å². The Bertz CT molecular complexity index is 632. The van der Waals surface area contributed by atoms with Crippen molar-refractivity contribution in [2.24, 2.45) is 0 Å². The van der Waals surface area contributed by atoms with Gasteiger partial charge in [-0.05, 0) is 18.9 Å². The summed E-state index contributed by atoms with van der Waals surface area (Å²) >= 11 is 0. The molecule has 0 saturated carbocycles. The average Bonchev–Trinajstić information content (AvgIpc) is 2.58. The second-order valence-electron chi connectivity index (χ2n) is 5.92. The lowest BCUT2D eigenvalue weighted by Crippen LogP contribution is -2.43. The van der Waals surface area contributed by atoms with Gasteiger partial charge in [0.05, 0.1) is 12.5 Å². The maximum Gasteiger partial charge on any atom is 0.407 e. The van der Waals surface area contributed by atoms with Crippen LogP contribution in [0.3, 0.4) is 0 Å². The van der Waals surface area contributed by atoms with Crippen molar-refractivity contribution in [3.05, 3.63) is 48.0 Å². The summed E-state index contributed by atoms with van der Waals surface area (Å²) in [6, 6.07) is 7.98. The van der Waals surface area contributed by atoms with E-state index in [1.165, 1.54) is 0 Å². The Kier molecular flexibility index (Phi) is 8.86. The van der Waals surface area contributed by atoms with Crippen molar-refractivity contribution in [3.8, 4) is 0 Å². The van der Waals surface area contributed by atoms with Crippen LogP contribution in [0, 0.1) is 0 Å². The summed E-state index contributed by atoms with van der Waals surface area (Å²) in [7, 11) is 0. The summed E-state index contributed by atoms with van der Waals surface area (Å²) in [5, 5.41) is 23.5. The highest BCUT2D eigenvalue weighted by molar-refractivity contribution is 5.84. The zero-order valence-electron chi connectivity index (χ0n) is 14.6. The van der Waals surface area contributed by atoms with E-state index in [4.69, 9.17) is 9.84 Å². The fourth-order valence-corrected chi connectivity index (χ4v) is 2.06. The van der Waals surface area contributed by atoms with Gasteiger partial charge in [-0.2, -0.15) is 0 Å². The number of aliphatic carboxylic acids is 1. The van der Waals surface area contributed by atoms with Gasteiger partial charge in [-0.1, -0.05) is 35.9 Å². The normalized spacial score (nSPS) is 12.5. The van der Waals surface area contributed by atoms with Crippen LogP contribution < -0.4 is 10.6 Å². The van der Waals surface area contributed by atoms with Crippen molar-refractivity contribution in [3.63, 3.8) is 0 Å². The molecule has 0 saturated heterocycles. The molecule has 8 nitrogen and oxygen atoms in total. The molecule has 0 fully saturated rings.